The zero-order valence-electron chi connectivity index (χ0n) is 17.4. The number of benzene rings is 2. The van der Waals surface area contributed by atoms with E-state index in [2.05, 4.69) is 21.2 Å². The number of anilines is 2. The number of nitrogens with zero attached hydrogens (tertiary/aromatic N) is 3. The molecule has 0 atom stereocenters. The maximum absolute atomic E-state index is 13.7. The summed E-state index contributed by atoms with van der Waals surface area (Å²) in [5, 5.41) is 3.53. The van der Waals surface area contributed by atoms with Gasteiger partial charge >= 0.3 is 5.69 Å². The van der Waals surface area contributed by atoms with Crippen molar-refractivity contribution < 1.29 is 0 Å². The van der Waals surface area contributed by atoms with Crippen LogP contribution < -0.4 is 22.1 Å². The predicted molar refractivity (Wildman–Crippen MR) is 129 cm³/mol. The molecule has 1 N–H and O–H groups in total. The van der Waals surface area contributed by atoms with Crippen LogP contribution in [0.2, 0.25) is 0 Å². The minimum Gasteiger partial charge on any atom is -0.355 e. The van der Waals surface area contributed by atoms with Crippen molar-refractivity contribution in [3.8, 4) is 5.69 Å². The second-order valence-electron chi connectivity index (χ2n) is 8.00. The van der Waals surface area contributed by atoms with Crippen LogP contribution in [0, 0.1) is 0 Å². The van der Waals surface area contributed by atoms with Crippen molar-refractivity contribution >= 4 is 38.3 Å². The Morgan fingerprint density at radius 2 is 1.66 bits per heavy atom. The van der Waals surface area contributed by atoms with Gasteiger partial charge in [0.15, 0.2) is 0 Å². The fraction of sp³-hybridized carbons (Fsp3) is 0.208. The third kappa shape index (κ3) is 3.31. The van der Waals surface area contributed by atoms with Gasteiger partial charge in [-0.3, -0.25) is 18.7 Å². The standard InChI is InChI=1S/C24H21BrN4O3/c1-27-20(30)14-19(26-16-12-10-15(25)11-13-16)21-22(27)28(17-6-3-2-4-7-17)24(32)29(23(21)31)18-8-5-9-18/h2-4,6-7,10-14,18,26H,5,8-9H2,1H3. The van der Waals surface area contributed by atoms with Crippen LogP contribution in [0.25, 0.3) is 16.7 Å². The molecule has 2 aromatic carbocycles. The molecule has 8 heteroatoms. The number of nitrogens with one attached hydrogen (secondary N) is 1. The van der Waals surface area contributed by atoms with Gasteiger partial charge in [-0.2, -0.15) is 0 Å². The number of halogens is 1. The highest BCUT2D eigenvalue weighted by Crippen LogP contribution is 2.31. The Hall–Kier alpha value is -3.39. The number of hydrogen-bond acceptors (Lipinski definition) is 4. The van der Waals surface area contributed by atoms with Crippen LogP contribution in [0.4, 0.5) is 11.4 Å². The normalized spacial score (nSPS) is 13.8. The molecule has 1 fully saturated rings. The summed E-state index contributed by atoms with van der Waals surface area (Å²) in [4.78, 5) is 40.2. The van der Waals surface area contributed by atoms with Gasteiger partial charge in [-0.25, -0.2) is 9.36 Å². The minimum atomic E-state index is -0.422. The van der Waals surface area contributed by atoms with Gasteiger partial charge in [-0.1, -0.05) is 34.1 Å². The molecule has 0 bridgehead atoms. The first-order valence-corrected chi connectivity index (χ1v) is 11.2. The van der Waals surface area contributed by atoms with Gasteiger partial charge < -0.3 is 5.32 Å². The second-order valence-corrected chi connectivity index (χ2v) is 8.91. The van der Waals surface area contributed by atoms with Crippen molar-refractivity contribution in [1.82, 2.24) is 13.7 Å². The minimum absolute atomic E-state index is 0.132. The summed E-state index contributed by atoms with van der Waals surface area (Å²) in [6, 6.07) is 17.8. The molecule has 5 rings (SSSR count). The zero-order chi connectivity index (χ0) is 22.4. The molecule has 1 aliphatic carbocycles. The molecular formula is C24H21BrN4O3. The molecule has 1 aliphatic rings. The number of para-hydroxylation sites is 1. The van der Waals surface area contributed by atoms with Gasteiger partial charge in [0.1, 0.15) is 11.0 Å². The van der Waals surface area contributed by atoms with Gasteiger partial charge in [0.25, 0.3) is 11.1 Å². The third-order valence-corrected chi connectivity index (χ3v) is 6.56. The monoisotopic (exact) mass is 492 g/mol. The maximum atomic E-state index is 13.7. The molecular weight excluding hydrogens is 472 g/mol. The SMILES string of the molecule is Cn1c(=O)cc(Nc2ccc(Br)cc2)c2c(=O)n(C3CCC3)c(=O)n(-c3ccccc3)c21. The predicted octanol–water partition coefficient (Wildman–Crippen LogP) is 4.08. The Balaban J connectivity index is 1.90. The first-order chi connectivity index (χ1) is 15.5. The third-order valence-electron chi connectivity index (χ3n) is 6.03. The lowest BCUT2D eigenvalue weighted by atomic mass is 9.93. The Morgan fingerprint density at radius 1 is 0.969 bits per heavy atom. The van der Waals surface area contributed by atoms with E-state index >= 15 is 0 Å². The highest BCUT2D eigenvalue weighted by molar-refractivity contribution is 9.10. The van der Waals surface area contributed by atoms with Crippen molar-refractivity contribution in [2.75, 3.05) is 5.32 Å². The van der Waals surface area contributed by atoms with Crippen LogP contribution in [0.1, 0.15) is 25.3 Å². The Kier molecular flexibility index (Phi) is 5.09. The fourth-order valence-electron chi connectivity index (χ4n) is 4.13. The van der Waals surface area contributed by atoms with Crippen LogP contribution in [-0.2, 0) is 7.05 Å². The molecule has 0 amide bonds. The summed E-state index contributed by atoms with van der Waals surface area (Å²) in [7, 11) is 1.58. The molecule has 32 heavy (non-hydrogen) atoms. The van der Waals surface area contributed by atoms with E-state index in [1.165, 1.54) is 19.8 Å². The largest absolute Gasteiger partial charge is 0.355 e. The van der Waals surface area contributed by atoms with E-state index in [0.717, 1.165) is 29.4 Å². The average Bonchev–Trinajstić information content (AvgIpc) is 2.75. The Bertz CT molecular complexity index is 1500. The number of rotatable bonds is 4. The van der Waals surface area contributed by atoms with E-state index in [1.807, 2.05) is 42.5 Å². The lowest BCUT2D eigenvalue weighted by Gasteiger charge is -2.28. The lowest BCUT2D eigenvalue weighted by Crippen LogP contribution is -2.45. The van der Waals surface area contributed by atoms with Crippen molar-refractivity contribution in [3.05, 3.63) is 96.3 Å². The van der Waals surface area contributed by atoms with Gasteiger partial charge in [0.05, 0.1) is 11.4 Å². The van der Waals surface area contributed by atoms with Crippen molar-refractivity contribution in [1.29, 1.82) is 0 Å². The van der Waals surface area contributed by atoms with Gasteiger partial charge in [-0.05, 0) is 55.7 Å². The summed E-state index contributed by atoms with van der Waals surface area (Å²) in [6.07, 6.45) is 2.56. The van der Waals surface area contributed by atoms with E-state index in [0.29, 0.717) is 16.8 Å². The maximum Gasteiger partial charge on any atom is 0.337 e. The molecule has 4 aromatic rings. The molecule has 0 saturated heterocycles. The van der Waals surface area contributed by atoms with Crippen LogP contribution >= 0.6 is 15.9 Å². The topological polar surface area (TPSA) is 78.0 Å². The molecule has 0 radical (unpaired) electrons. The molecule has 0 unspecified atom stereocenters. The van der Waals surface area contributed by atoms with E-state index in [4.69, 9.17) is 0 Å². The average molecular weight is 493 g/mol. The fourth-order valence-corrected chi connectivity index (χ4v) is 4.39. The van der Waals surface area contributed by atoms with Crippen molar-refractivity contribution in [3.63, 3.8) is 0 Å². The molecule has 1 saturated carbocycles. The summed E-state index contributed by atoms with van der Waals surface area (Å²) in [5.74, 6) is 0. The summed E-state index contributed by atoms with van der Waals surface area (Å²) >= 11 is 3.41. The quantitative estimate of drug-likeness (QED) is 0.465. The van der Waals surface area contributed by atoms with Crippen LogP contribution in [-0.4, -0.2) is 13.7 Å². The number of aryl methyl sites for hydroxylation is 1. The number of pyridine rings is 1. The Labute approximate surface area is 191 Å². The Morgan fingerprint density at radius 3 is 2.28 bits per heavy atom. The van der Waals surface area contributed by atoms with Crippen molar-refractivity contribution in [2.45, 2.75) is 25.3 Å². The smallest absolute Gasteiger partial charge is 0.337 e. The van der Waals surface area contributed by atoms with E-state index < -0.39 is 5.69 Å². The number of fused-ring (bicyclic) bond motifs is 1. The highest BCUT2D eigenvalue weighted by Gasteiger charge is 2.28. The first kappa shape index (κ1) is 20.5. The van der Waals surface area contributed by atoms with Gasteiger partial charge in [0.2, 0.25) is 0 Å². The number of hydrogen-bond donors (Lipinski definition) is 1. The van der Waals surface area contributed by atoms with Crippen LogP contribution in [0.15, 0.2) is 79.5 Å². The van der Waals surface area contributed by atoms with E-state index in [-0.39, 0.29) is 22.8 Å². The summed E-state index contributed by atoms with van der Waals surface area (Å²) < 4.78 is 5.12. The molecule has 2 heterocycles. The zero-order valence-corrected chi connectivity index (χ0v) is 19.0. The first-order valence-electron chi connectivity index (χ1n) is 10.4. The molecule has 0 aliphatic heterocycles. The lowest BCUT2D eigenvalue weighted by molar-refractivity contribution is 0.295. The van der Waals surface area contributed by atoms with E-state index in [9.17, 15) is 14.4 Å². The molecule has 162 valence electrons. The van der Waals surface area contributed by atoms with Crippen LogP contribution in [0.5, 0.6) is 0 Å². The van der Waals surface area contributed by atoms with Crippen LogP contribution in [0.3, 0.4) is 0 Å². The summed E-state index contributed by atoms with van der Waals surface area (Å²) in [5.41, 5.74) is 0.872. The van der Waals surface area contributed by atoms with E-state index in [1.54, 1.807) is 19.2 Å². The highest BCUT2D eigenvalue weighted by atomic mass is 79.9. The second kappa shape index (κ2) is 7.94. The number of aromatic nitrogens is 3. The summed E-state index contributed by atoms with van der Waals surface area (Å²) in [6.45, 7) is 0. The molecule has 7 nitrogen and oxygen atoms in total. The molecule has 2 aromatic heterocycles. The van der Waals surface area contributed by atoms with Crippen molar-refractivity contribution in [2.24, 2.45) is 7.05 Å². The molecule has 0 spiro atoms. The van der Waals surface area contributed by atoms with Gasteiger partial charge in [-0.15, -0.1) is 0 Å². The van der Waals surface area contributed by atoms with Gasteiger partial charge in [0, 0.05) is 29.3 Å².